The molecule has 0 saturated heterocycles. The molecule has 4 rings (SSSR count). The summed E-state index contributed by atoms with van der Waals surface area (Å²) in [5, 5.41) is 6.95. The van der Waals surface area contributed by atoms with Crippen LogP contribution < -0.4 is 10.6 Å². The largest absolute Gasteiger partial charge is 0.356 e. The van der Waals surface area contributed by atoms with E-state index in [1.54, 1.807) is 25.6 Å². The monoisotopic (exact) mass is 422 g/mol. The predicted octanol–water partition coefficient (Wildman–Crippen LogP) is 3.99. The normalized spacial score (nSPS) is 21.1. The van der Waals surface area contributed by atoms with Gasteiger partial charge in [0.15, 0.2) is 6.29 Å². The minimum absolute atomic E-state index is 0. The number of thiophene rings is 1. The highest BCUT2D eigenvalue weighted by Crippen LogP contribution is 2.42. The summed E-state index contributed by atoms with van der Waals surface area (Å²) in [5.41, 5.74) is 1.87. The van der Waals surface area contributed by atoms with E-state index < -0.39 is 0 Å². The number of hydrogen-bond donors (Lipinski definition) is 2. The summed E-state index contributed by atoms with van der Waals surface area (Å²) >= 11 is 1.61. The van der Waals surface area contributed by atoms with Gasteiger partial charge in [-0.1, -0.05) is 0 Å². The van der Waals surface area contributed by atoms with Crippen LogP contribution >= 0.6 is 11.3 Å². The molecule has 0 spiro atoms. The Kier molecular flexibility index (Phi) is 6.56. The van der Waals surface area contributed by atoms with Gasteiger partial charge in [0, 0.05) is 33.0 Å². The molecule has 3 aliphatic rings. The van der Waals surface area contributed by atoms with E-state index in [9.17, 15) is 9.59 Å². The van der Waals surface area contributed by atoms with Gasteiger partial charge in [-0.05, 0) is 75.2 Å². The molecule has 2 N–H and O–H groups in total. The van der Waals surface area contributed by atoms with Crippen molar-refractivity contribution in [2.45, 2.75) is 64.1 Å². The van der Waals surface area contributed by atoms with Gasteiger partial charge in [-0.15, -0.1) is 11.3 Å². The van der Waals surface area contributed by atoms with Gasteiger partial charge < -0.3 is 20.1 Å². The fourth-order valence-corrected chi connectivity index (χ4v) is 5.39. The highest BCUT2D eigenvalue weighted by atomic mass is 32.1. The molecule has 0 radical (unpaired) electrons. The highest BCUT2D eigenvalue weighted by Gasteiger charge is 2.34. The molecule has 2 fully saturated rings. The van der Waals surface area contributed by atoms with Crippen LogP contribution in [0.4, 0.5) is 5.00 Å². The van der Waals surface area contributed by atoms with E-state index in [0.717, 1.165) is 67.6 Å². The maximum atomic E-state index is 13.1. The molecule has 0 bridgehead atoms. The molecule has 162 valence electrons. The van der Waals surface area contributed by atoms with Crippen molar-refractivity contribution >= 4 is 28.2 Å². The van der Waals surface area contributed by atoms with Crippen LogP contribution in [0.1, 0.15) is 67.2 Å². The first-order valence-electron chi connectivity index (χ1n) is 10.9. The third kappa shape index (κ3) is 5.19. The number of carbonyl (C=O) groups excluding carboxylic acids is 2. The van der Waals surface area contributed by atoms with E-state index in [1.165, 1.54) is 17.7 Å². The van der Waals surface area contributed by atoms with Crippen LogP contribution in [0, 0.1) is 17.8 Å². The summed E-state index contributed by atoms with van der Waals surface area (Å²) in [4.78, 5) is 26.7. The zero-order valence-electron chi connectivity index (χ0n) is 17.4. The SMILES string of the molecule is COC(CC[C@H]1CCc2sc(NC(=O)C3CC3)c(C(=O)NCC3CC3)c2C1)OC.[HH]. The molecule has 29 heavy (non-hydrogen) atoms. The number of amides is 2. The van der Waals surface area contributed by atoms with Crippen molar-refractivity contribution < 1.29 is 20.5 Å². The molecule has 1 aromatic rings. The molecule has 1 atom stereocenters. The Morgan fingerprint density at radius 3 is 2.55 bits per heavy atom. The number of carbonyl (C=O) groups is 2. The molecular formula is C22H34N2O4S. The molecule has 2 amide bonds. The van der Waals surface area contributed by atoms with Gasteiger partial charge in [-0.25, -0.2) is 0 Å². The third-order valence-corrected chi connectivity index (χ3v) is 7.57. The van der Waals surface area contributed by atoms with Crippen molar-refractivity contribution in [2.24, 2.45) is 17.8 Å². The molecule has 1 aromatic heterocycles. The number of anilines is 1. The van der Waals surface area contributed by atoms with Crippen molar-refractivity contribution in [1.29, 1.82) is 0 Å². The van der Waals surface area contributed by atoms with Gasteiger partial charge in [-0.2, -0.15) is 0 Å². The molecule has 6 nitrogen and oxygen atoms in total. The summed E-state index contributed by atoms with van der Waals surface area (Å²) in [6, 6.07) is 0. The van der Waals surface area contributed by atoms with Crippen molar-refractivity contribution in [3.05, 3.63) is 16.0 Å². The number of aryl methyl sites for hydroxylation is 1. The van der Waals surface area contributed by atoms with E-state index in [4.69, 9.17) is 9.47 Å². The van der Waals surface area contributed by atoms with E-state index in [-0.39, 0.29) is 25.4 Å². The fraction of sp³-hybridized carbons (Fsp3) is 0.727. The smallest absolute Gasteiger partial charge is 0.254 e. The van der Waals surface area contributed by atoms with Gasteiger partial charge in [0.25, 0.3) is 5.91 Å². The number of nitrogens with one attached hydrogen (secondary N) is 2. The predicted molar refractivity (Wildman–Crippen MR) is 115 cm³/mol. The molecule has 0 aliphatic heterocycles. The fourth-order valence-electron chi connectivity index (χ4n) is 4.14. The maximum absolute atomic E-state index is 13.1. The van der Waals surface area contributed by atoms with E-state index in [1.807, 2.05) is 0 Å². The van der Waals surface area contributed by atoms with Crippen molar-refractivity contribution in [3.63, 3.8) is 0 Å². The van der Waals surface area contributed by atoms with Gasteiger partial charge in [-0.3, -0.25) is 9.59 Å². The zero-order valence-corrected chi connectivity index (χ0v) is 18.2. The number of hydrogen-bond acceptors (Lipinski definition) is 5. The van der Waals surface area contributed by atoms with Gasteiger partial charge in [0.05, 0.1) is 5.56 Å². The Labute approximate surface area is 178 Å². The first-order chi connectivity index (χ1) is 14.1. The van der Waals surface area contributed by atoms with E-state index in [2.05, 4.69) is 10.6 Å². The molecular weight excluding hydrogens is 388 g/mol. The topological polar surface area (TPSA) is 76.7 Å². The van der Waals surface area contributed by atoms with Crippen LogP contribution in [0.15, 0.2) is 0 Å². The second kappa shape index (κ2) is 9.14. The van der Waals surface area contributed by atoms with Crippen LogP contribution in [0.5, 0.6) is 0 Å². The van der Waals surface area contributed by atoms with Crippen LogP contribution in [-0.2, 0) is 27.1 Å². The standard InChI is InChI=1S/C22H32N2O4S.H2/c1-27-18(28-2)10-6-13-5-9-17-16(11-13)19(21(26)23-12-14-3-4-14)22(29-17)24-20(25)15-7-8-15;/h13-15,18H,3-12H2,1-2H3,(H,23,26)(H,24,25);1H/t13-;/m1./s1. The summed E-state index contributed by atoms with van der Waals surface area (Å²) < 4.78 is 10.7. The van der Waals surface area contributed by atoms with Crippen LogP contribution in [0.3, 0.4) is 0 Å². The van der Waals surface area contributed by atoms with Crippen LogP contribution in [0.25, 0.3) is 0 Å². The average Bonchev–Trinajstić information content (AvgIpc) is 3.63. The lowest BCUT2D eigenvalue weighted by Crippen LogP contribution is -2.28. The average molecular weight is 423 g/mol. The Morgan fingerprint density at radius 2 is 1.90 bits per heavy atom. The quantitative estimate of drug-likeness (QED) is 0.559. The van der Waals surface area contributed by atoms with Gasteiger partial charge >= 0.3 is 0 Å². The number of ether oxygens (including phenoxy) is 2. The zero-order chi connectivity index (χ0) is 20.4. The molecule has 0 aromatic carbocycles. The van der Waals surface area contributed by atoms with Crippen molar-refractivity contribution in [1.82, 2.24) is 5.32 Å². The second-order valence-corrected chi connectivity index (χ2v) is 9.82. The Morgan fingerprint density at radius 1 is 1.14 bits per heavy atom. The first kappa shape index (κ1) is 20.8. The van der Waals surface area contributed by atoms with E-state index >= 15 is 0 Å². The highest BCUT2D eigenvalue weighted by molar-refractivity contribution is 7.17. The number of fused-ring (bicyclic) bond motifs is 1. The lowest BCUT2D eigenvalue weighted by atomic mass is 9.83. The van der Waals surface area contributed by atoms with Gasteiger partial charge in [0.2, 0.25) is 5.91 Å². The van der Waals surface area contributed by atoms with E-state index in [0.29, 0.717) is 11.8 Å². The number of methoxy groups -OCH3 is 2. The van der Waals surface area contributed by atoms with Crippen LogP contribution in [-0.4, -0.2) is 38.9 Å². The molecule has 3 aliphatic carbocycles. The summed E-state index contributed by atoms with van der Waals surface area (Å²) in [6.07, 6.45) is 8.98. The van der Waals surface area contributed by atoms with Gasteiger partial charge in [0.1, 0.15) is 5.00 Å². The summed E-state index contributed by atoms with van der Waals surface area (Å²) in [5.74, 6) is 1.31. The second-order valence-electron chi connectivity index (χ2n) is 8.71. The minimum Gasteiger partial charge on any atom is -0.356 e. The Hall–Kier alpha value is -1.44. The Balaban J connectivity index is 0.00000256. The molecule has 0 unspecified atom stereocenters. The molecule has 7 heteroatoms. The number of rotatable bonds is 10. The van der Waals surface area contributed by atoms with Crippen LogP contribution in [0.2, 0.25) is 0 Å². The molecule has 1 heterocycles. The maximum Gasteiger partial charge on any atom is 0.254 e. The van der Waals surface area contributed by atoms with Crippen molar-refractivity contribution in [3.8, 4) is 0 Å². The third-order valence-electron chi connectivity index (χ3n) is 6.36. The summed E-state index contributed by atoms with van der Waals surface area (Å²) in [6.45, 7) is 0.742. The first-order valence-corrected chi connectivity index (χ1v) is 11.7. The lowest BCUT2D eigenvalue weighted by molar-refractivity contribution is -0.117. The lowest BCUT2D eigenvalue weighted by Gasteiger charge is -2.24. The minimum atomic E-state index is -0.173. The van der Waals surface area contributed by atoms with Crippen molar-refractivity contribution in [2.75, 3.05) is 26.1 Å². The summed E-state index contributed by atoms with van der Waals surface area (Å²) in [7, 11) is 3.34. The molecule has 2 saturated carbocycles. The Bertz CT molecular complexity index is 757.